The molecule has 48 heavy (non-hydrogen) atoms. The molecule has 0 amide bonds. The van der Waals surface area contributed by atoms with Gasteiger partial charge in [0.05, 0.1) is 0 Å². The van der Waals surface area contributed by atoms with Gasteiger partial charge in [0.1, 0.15) is 0 Å². The van der Waals surface area contributed by atoms with Crippen LogP contribution >= 0.6 is 194 Å². The molecule has 2 aromatic heterocycles. The van der Waals surface area contributed by atoms with Crippen molar-refractivity contribution in [2.24, 2.45) is 0 Å². The summed E-state index contributed by atoms with van der Waals surface area (Å²) < 4.78 is 0. The third kappa shape index (κ3) is 32.1. The molecule has 0 aliphatic rings. The average Bonchev–Trinajstić information content (AvgIpc) is 3.62. The second-order valence-corrected chi connectivity index (χ2v) is 29.9. The molecule has 0 spiro atoms. The summed E-state index contributed by atoms with van der Waals surface area (Å²) in [6.07, 6.45) is 8.75. The van der Waals surface area contributed by atoms with Crippen LogP contribution in [0.3, 0.4) is 0 Å². The van der Waals surface area contributed by atoms with Gasteiger partial charge in [-0.25, -0.2) is 0 Å². The average molecular weight is 1020 g/mol. The Labute approximate surface area is 371 Å². The second-order valence-electron chi connectivity index (χ2n) is 8.94. The molecule has 0 aliphatic heterocycles. The first kappa shape index (κ1) is 53.0. The maximum absolute atomic E-state index is 4.89. The van der Waals surface area contributed by atoms with Gasteiger partial charge in [0, 0.05) is 132 Å². The Hall–Kier alpha value is 4.99. The van der Waals surface area contributed by atoms with Crippen LogP contribution in [0.5, 0.6) is 0 Å². The molecule has 0 fully saturated rings. The summed E-state index contributed by atoms with van der Waals surface area (Å²) in [5.41, 5.74) is 0. The van der Waals surface area contributed by atoms with E-state index >= 15 is 0 Å². The van der Waals surface area contributed by atoms with Gasteiger partial charge in [-0.15, -0.1) is 58.4 Å². The molecular formula is C30H52Cl3FeS14. The molecule has 0 bridgehead atoms. The van der Waals surface area contributed by atoms with Crippen molar-refractivity contribution in [3.63, 3.8) is 0 Å². The zero-order valence-electron chi connectivity index (χ0n) is 28.7. The molecule has 0 aromatic carbocycles. The fourth-order valence-electron chi connectivity index (χ4n) is 3.26. The number of thioether (sulfide) groups is 12. The summed E-state index contributed by atoms with van der Waals surface area (Å²) >= 11 is 26.9. The minimum absolute atomic E-state index is 1.24. The van der Waals surface area contributed by atoms with Gasteiger partial charge in [-0.05, 0) is 38.9 Å². The van der Waals surface area contributed by atoms with E-state index in [0.717, 1.165) is 0 Å². The van der Waals surface area contributed by atoms with E-state index in [0.29, 0.717) is 0 Å². The predicted octanol–water partition coefficient (Wildman–Crippen LogP) is 14.9. The molecule has 2 rings (SSSR count). The van der Waals surface area contributed by atoms with Crippen LogP contribution in [0.2, 0.25) is 0 Å². The second kappa shape index (κ2) is 40.2. The zero-order chi connectivity index (χ0) is 35.7. The van der Waals surface area contributed by atoms with Crippen LogP contribution in [0.4, 0.5) is 0 Å². The first-order valence-corrected chi connectivity index (χ1v) is 35.4. The predicted molar refractivity (Wildman–Crippen MR) is 261 cm³/mol. The van der Waals surface area contributed by atoms with E-state index < -0.39 is 11.2 Å². The van der Waals surface area contributed by atoms with Crippen LogP contribution < -0.4 is 0 Å². The van der Waals surface area contributed by atoms with Crippen molar-refractivity contribution in [3.05, 3.63) is 20.5 Å². The topological polar surface area (TPSA) is 0 Å². The molecule has 0 radical (unpaired) electrons. The molecule has 0 saturated carbocycles. The van der Waals surface area contributed by atoms with Gasteiger partial charge in [-0.2, -0.15) is 105 Å². The summed E-state index contributed by atoms with van der Waals surface area (Å²) in [4.78, 5) is 9.17. The molecule has 2 heterocycles. The summed E-state index contributed by atoms with van der Waals surface area (Å²) in [6.45, 7) is 4.58. The van der Waals surface area contributed by atoms with E-state index in [1.807, 2.05) is 93.2 Å². The van der Waals surface area contributed by atoms with E-state index in [1.165, 1.54) is 112 Å². The third-order valence-electron chi connectivity index (χ3n) is 5.39. The number of hydrogen-bond acceptors (Lipinski definition) is 14. The molecule has 285 valence electrons. The van der Waals surface area contributed by atoms with E-state index in [9.17, 15) is 0 Å². The molecular weight excluding hydrogens is 971 g/mol. The van der Waals surface area contributed by atoms with Crippen LogP contribution in [-0.4, -0.2) is 117 Å². The van der Waals surface area contributed by atoms with Gasteiger partial charge in [-0.1, -0.05) is 0 Å². The normalized spacial score (nSPS) is 11.2. The van der Waals surface area contributed by atoms with E-state index in [-0.39, 0.29) is 0 Å². The fraction of sp³-hybridized carbons (Fsp3) is 0.733. The van der Waals surface area contributed by atoms with Crippen molar-refractivity contribution in [2.45, 2.75) is 33.4 Å². The molecule has 18 heteroatoms. The van der Waals surface area contributed by atoms with Crippen LogP contribution in [0.15, 0.2) is 30.3 Å². The fourth-order valence-corrected chi connectivity index (χ4v) is 18.0. The van der Waals surface area contributed by atoms with Crippen molar-refractivity contribution < 1.29 is 11.2 Å². The Bertz CT molecular complexity index is 898. The van der Waals surface area contributed by atoms with Crippen LogP contribution in [0.25, 0.3) is 0 Å². The van der Waals surface area contributed by atoms with E-state index in [2.05, 4.69) is 120 Å². The van der Waals surface area contributed by atoms with Gasteiger partial charge in [0.2, 0.25) is 0 Å². The van der Waals surface area contributed by atoms with E-state index in [4.69, 9.17) is 30.3 Å². The van der Waals surface area contributed by atoms with Crippen LogP contribution in [0.1, 0.15) is 9.75 Å². The number of halogens is 3. The number of hydrogen-bond donors (Lipinski definition) is 0. The first-order valence-electron chi connectivity index (χ1n) is 14.9. The Balaban J connectivity index is 0.000000830. The van der Waals surface area contributed by atoms with Crippen molar-refractivity contribution >= 4 is 194 Å². The quantitative estimate of drug-likeness (QED) is 0.0453. The van der Waals surface area contributed by atoms with Gasteiger partial charge < -0.3 is 0 Å². The Morgan fingerprint density at radius 3 is 1.02 bits per heavy atom. The molecule has 0 N–H and O–H groups in total. The van der Waals surface area contributed by atoms with Gasteiger partial charge >= 0.3 is 41.5 Å². The van der Waals surface area contributed by atoms with Gasteiger partial charge in [0.25, 0.3) is 0 Å². The zero-order valence-corrected chi connectivity index (χ0v) is 43.5. The summed E-state index contributed by atoms with van der Waals surface area (Å²) in [6, 6.07) is 0. The number of thiophene rings is 2. The molecule has 0 atom stereocenters. The molecule has 2 aromatic rings. The Kier molecular flexibility index (Phi) is 44.4. The van der Waals surface area contributed by atoms with Crippen molar-refractivity contribution in [3.8, 4) is 0 Å². The van der Waals surface area contributed by atoms with Gasteiger partial charge in [0.15, 0.2) is 0 Å². The summed E-state index contributed by atoms with van der Waals surface area (Å²) in [7, 11) is 14.7. The first-order chi connectivity index (χ1) is 23.3. The van der Waals surface area contributed by atoms with Crippen molar-refractivity contribution in [1.29, 1.82) is 0 Å². The van der Waals surface area contributed by atoms with Crippen molar-refractivity contribution in [1.82, 2.24) is 0 Å². The standard InChI is InChI=1S/C16H28S7.C14H24S7.3ClH.Fe/c1-13-15(21-11-9-19-7-5-17-3)16(14(2)23-13)22-12-10-20-8-6-18-4;1-15-3-5-17-7-9-20-13-11-19-12-14(13)21-10-8-18-6-4-16-2;;;;/h5-12H2,1-4H3;11-12H,3-10H2,1-2H3;3*1H;/q;;;;;+3/p-3. The number of aryl methyl sites for hydroxylation is 2. The van der Waals surface area contributed by atoms with Crippen molar-refractivity contribution in [2.75, 3.05) is 117 Å². The minimum atomic E-state index is -1.33. The van der Waals surface area contributed by atoms with E-state index in [1.54, 1.807) is 9.79 Å². The van der Waals surface area contributed by atoms with Crippen LogP contribution in [0, 0.1) is 13.8 Å². The SMILES string of the molecule is CSCCSCCSc1c(C)sc(C)c1SCCSCCSC.CSCCSCCSc1cscc1SCCSCCSC.[Cl][Fe]([Cl])[Cl]. The van der Waals surface area contributed by atoms with Crippen LogP contribution in [-0.2, 0) is 11.2 Å². The molecule has 0 aliphatic carbocycles. The van der Waals surface area contributed by atoms with Gasteiger partial charge in [-0.3, -0.25) is 0 Å². The monoisotopic (exact) mass is 1020 g/mol. The third-order valence-corrected chi connectivity index (χ3v) is 21.0. The molecule has 0 nitrogen and oxygen atoms in total. The molecule has 0 unspecified atom stereocenters. The molecule has 0 saturated heterocycles. The number of rotatable bonds is 28. The Morgan fingerprint density at radius 2 is 0.729 bits per heavy atom. The summed E-state index contributed by atoms with van der Waals surface area (Å²) in [5.74, 6) is 20.3. The maximum atomic E-state index is 4.89. The summed E-state index contributed by atoms with van der Waals surface area (Å²) in [5, 5.41) is 4.64. The Morgan fingerprint density at radius 1 is 0.458 bits per heavy atom.